The Balaban J connectivity index is 1.52. The Morgan fingerprint density at radius 3 is 2.11 bits per heavy atom. The van der Waals surface area contributed by atoms with Crippen LogP contribution in [-0.4, -0.2) is 25.2 Å². The van der Waals surface area contributed by atoms with Gasteiger partial charge in [0.25, 0.3) is 0 Å². The van der Waals surface area contributed by atoms with E-state index in [4.69, 9.17) is 9.47 Å². The fourth-order valence-electron chi connectivity index (χ4n) is 12.1. The molecule has 5 rings (SSSR count). The lowest BCUT2D eigenvalue weighted by Gasteiger charge is -2.72. The van der Waals surface area contributed by atoms with Gasteiger partial charge < -0.3 is 9.47 Å². The van der Waals surface area contributed by atoms with Crippen molar-refractivity contribution in [1.82, 2.24) is 0 Å². The first kappa shape index (κ1) is 27.3. The first-order valence-electron chi connectivity index (χ1n) is 15.1. The molecule has 0 amide bonds. The van der Waals surface area contributed by atoms with Crippen LogP contribution in [-0.2, 0) is 19.1 Å². The first-order valence-corrected chi connectivity index (χ1v) is 15.1. The monoisotopic (exact) mass is 512 g/mol. The van der Waals surface area contributed by atoms with E-state index in [0.29, 0.717) is 29.6 Å². The second-order valence-electron chi connectivity index (χ2n) is 15.3. The van der Waals surface area contributed by atoms with Crippen LogP contribution < -0.4 is 0 Å². The van der Waals surface area contributed by atoms with Crippen molar-refractivity contribution in [2.75, 3.05) is 7.11 Å². The molecule has 0 saturated heterocycles. The predicted octanol–water partition coefficient (Wildman–Crippen LogP) is 7.75. The minimum absolute atomic E-state index is 0.0130. The normalized spacial score (nSPS) is 50.1. The van der Waals surface area contributed by atoms with E-state index in [2.05, 4.69) is 48.1 Å². The van der Waals surface area contributed by atoms with Crippen molar-refractivity contribution in [3.8, 4) is 0 Å². The van der Waals surface area contributed by atoms with Crippen LogP contribution in [0.4, 0.5) is 0 Å². The van der Waals surface area contributed by atoms with Gasteiger partial charge in [-0.05, 0) is 117 Å². The van der Waals surface area contributed by atoms with Gasteiger partial charge in [0.1, 0.15) is 6.10 Å². The molecule has 208 valence electrons. The molecule has 5 aliphatic carbocycles. The molecule has 0 heterocycles. The Bertz CT molecular complexity index is 983. The quantitative estimate of drug-likeness (QED) is 0.286. The second-order valence-corrected chi connectivity index (χ2v) is 15.3. The smallest absolute Gasteiger partial charge is 0.312 e. The van der Waals surface area contributed by atoms with Gasteiger partial charge in [-0.15, -0.1) is 0 Å². The summed E-state index contributed by atoms with van der Waals surface area (Å²) in [5.74, 6) is 2.43. The van der Waals surface area contributed by atoms with Gasteiger partial charge in [-0.2, -0.15) is 0 Å². The minimum atomic E-state index is -0.322. The largest absolute Gasteiger partial charge is 0.469 e. The van der Waals surface area contributed by atoms with Crippen LogP contribution in [0.3, 0.4) is 0 Å². The number of methoxy groups -OCH3 is 1. The molecule has 5 fully saturated rings. The highest BCUT2D eigenvalue weighted by molar-refractivity contribution is 5.78. The fraction of sp³-hybridized carbons (Fsp3) is 0.879. The van der Waals surface area contributed by atoms with Gasteiger partial charge in [-0.1, -0.05) is 46.8 Å². The summed E-state index contributed by atoms with van der Waals surface area (Å²) >= 11 is 0. The molecule has 5 saturated carbocycles. The standard InChI is InChI=1S/C33H52O4/c1-20(2)22-12-17-33(28(35)36-9)19-18-31(7)23(27(22)33)10-11-25-30(6)15-14-26(37-21(3)34)29(4,5)24(30)13-16-32(25,31)8/h22-27H,1,10-19H2,2-9H3/t22-,23+,24-,25+,26-,27?,30-,31+,32+,33-/m0/s1. The second kappa shape index (κ2) is 8.59. The van der Waals surface area contributed by atoms with Crippen molar-refractivity contribution in [3.05, 3.63) is 12.2 Å². The maximum absolute atomic E-state index is 13.4. The number of fused-ring (bicyclic) bond motifs is 7. The summed E-state index contributed by atoms with van der Waals surface area (Å²) in [6, 6.07) is 0. The van der Waals surface area contributed by atoms with Crippen molar-refractivity contribution in [2.45, 2.75) is 119 Å². The van der Waals surface area contributed by atoms with Crippen LogP contribution in [0.15, 0.2) is 12.2 Å². The third-order valence-electron chi connectivity index (χ3n) is 13.9. The van der Waals surface area contributed by atoms with Crippen molar-refractivity contribution >= 4 is 11.9 Å². The van der Waals surface area contributed by atoms with Crippen LogP contribution in [0.25, 0.3) is 0 Å². The molecular formula is C33H52O4. The molecule has 0 aromatic carbocycles. The molecule has 1 unspecified atom stereocenters. The van der Waals surface area contributed by atoms with E-state index < -0.39 is 0 Å². The maximum atomic E-state index is 13.4. The summed E-state index contributed by atoms with van der Waals surface area (Å²) in [6.45, 7) is 20.7. The first-order chi connectivity index (χ1) is 17.2. The number of hydrogen-bond donors (Lipinski definition) is 0. The molecule has 0 radical (unpaired) electrons. The molecule has 0 aromatic heterocycles. The highest BCUT2D eigenvalue weighted by atomic mass is 16.5. The summed E-state index contributed by atoms with van der Waals surface area (Å²) < 4.78 is 11.4. The number of allylic oxidation sites excluding steroid dienone is 1. The van der Waals surface area contributed by atoms with Crippen LogP contribution >= 0.6 is 0 Å². The molecule has 0 aliphatic heterocycles. The summed E-state index contributed by atoms with van der Waals surface area (Å²) in [5.41, 5.74) is 1.63. The van der Waals surface area contributed by atoms with E-state index in [0.717, 1.165) is 38.5 Å². The van der Waals surface area contributed by atoms with E-state index in [9.17, 15) is 9.59 Å². The maximum Gasteiger partial charge on any atom is 0.312 e. The molecule has 10 atom stereocenters. The summed E-state index contributed by atoms with van der Waals surface area (Å²) in [6.07, 6.45) is 11.1. The zero-order valence-electron chi connectivity index (χ0n) is 24.9. The lowest BCUT2D eigenvalue weighted by Crippen LogP contribution is -2.67. The lowest BCUT2D eigenvalue weighted by molar-refractivity contribution is -0.250. The predicted molar refractivity (Wildman–Crippen MR) is 147 cm³/mol. The van der Waals surface area contributed by atoms with Crippen molar-refractivity contribution in [1.29, 1.82) is 0 Å². The summed E-state index contributed by atoms with van der Waals surface area (Å²) in [7, 11) is 1.59. The molecule has 0 bridgehead atoms. The number of hydrogen-bond acceptors (Lipinski definition) is 4. The van der Waals surface area contributed by atoms with Crippen molar-refractivity contribution < 1.29 is 19.1 Å². The topological polar surface area (TPSA) is 52.6 Å². The van der Waals surface area contributed by atoms with Crippen LogP contribution in [0.1, 0.15) is 113 Å². The Morgan fingerprint density at radius 2 is 1.49 bits per heavy atom. The number of carbonyl (C=O) groups is 2. The van der Waals surface area contributed by atoms with Gasteiger partial charge in [0.2, 0.25) is 0 Å². The molecule has 0 N–H and O–H groups in total. The number of ether oxygens (including phenoxy) is 2. The molecule has 37 heavy (non-hydrogen) atoms. The number of carbonyl (C=O) groups excluding carboxylic acids is 2. The van der Waals surface area contributed by atoms with Crippen LogP contribution in [0.2, 0.25) is 0 Å². The Hall–Kier alpha value is -1.32. The lowest BCUT2D eigenvalue weighted by atomic mass is 9.32. The van der Waals surface area contributed by atoms with Crippen LogP contribution in [0.5, 0.6) is 0 Å². The molecular weight excluding hydrogens is 460 g/mol. The van der Waals surface area contributed by atoms with Crippen molar-refractivity contribution in [3.63, 3.8) is 0 Å². The van der Waals surface area contributed by atoms with E-state index in [1.807, 2.05) is 0 Å². The third-order valence-corrected chi connectivity index (χ3v) is 13.9. The molecule has 4 heteroatoms. The zero-order valence-corrected chi connectivity index (χ0v) is 24.9. The summed E-state index contributed by atoms with van der Waals surface area (Å²) in [5, 5.41) is 0. The van der Waals surface area contributed by atoms with Gasteiger partial charge in [-0.25, -0.2) is 0 Å². The Kier molecular flexibility index (Phi) is 6.33. The van der Waals surface area contributed by atoms with E-state index in [-0.39, 0.29) is 45.1 Å². The van der Waals surface area contributed by atoms with Crippen LogP contribution in [0, 0.1) is 56.7 Å². The SMILES string of the molecule is C=C(C)[C@@H]1CC[C@]2(C(=O)OC)CC[C@]3(C)[C@H](CC[C@@H]4[C@@]5(C)CC[C@H](OC(C)=O)C(C)(C)[C@@H]5CC[C@]43C)C12. The van der Waals surface area contributed by atoms with Gasteiger partial charge in [0.05, 0.1) is 12.5 Å². The van der Waals surface area contributed by atoms with Gasteiger partial charge in [0, 0.05) is 12.3 Å². The summed E-state index contributed by atoms with van der Waals surface area (Å²) in [4.78, 5) is 25.3. The zero-order chi connectivity index (χ0) is 27.2. The average molecular weight is 513 g/mol. The van der Waals surface area contributed by atoms with E-state index >= 15 is 0 Å². The number of esters is 2. The molecule has 5 aliphatic rings. The van der Waals surface area contributed by atoms with Gasteiger partial charge in [-0.3, -0.25) is 9.59 Å². The van der Waals surface area contributed by atoms with Crippen molar-refractivity contribution in [2.24, 2.45) is 56.7 Å². The molecule has 0 aromatic rings. The Labute approximate surface area is 225 Å². The van der Waals surface area contributed by atoms with E-state index in [1.165, 1.54) is 31.3 Å². The average Bonchev–Trinajstić information content (AvgIpc) is 3.22. The highest BCUT2D eigenvalue weighted by Crippen LogP contribution is 2.77. The fourth-order valence-corrected chi connectivity index (χ4v) is 12.1. The minimum Gasteiger partial charge on any atom is -0.469 e. The molecule has 4 nitrogen and oxygen atoms in total. The highest BCUT2D eigenvalue weighted by Gasteiger charge is 2.72. The molecule has 0 spiro atoms. The van der Waals surface area contributed by atoms with E-state index in [1.54, 1.807) is 14.0 Å². The number of rotatable bonds is 3. The Morgan fingerprint density at radius 1 is 0.784 bits per heavy atom. The third kappa shape index (κ3) is 3.45. The van der Waals surface area contributed by atoms with Gasteiger partial charge >= 0.3 is 11.9 Å². The van der Waals surface area contributed by atoms with Gasteiger partial charge in [0.15, 0.2) is 0 Å².